The third-order valence-corrected chi connectivity index (χ3v) is 13.6. The largest absolute Gasteiger partial charge is 0.455 e. The van der Waals surface area contributed by atoms with Crippen LogP contribution in [-0.2, 0) is 0 Å². The van der Waals surface area contributed by atoms with Crippen molar-refractivity contribution in [3.8, 4) is 55.6 Å². The molecule has 13 rings (SSSR count). The average molecular weight is 866 g/mol. The van der Waals surface area contributed by atoms with Gasteiger partial charge in [-0.25, -0.2) is 0 Å². The van der Waals surface area contributed by atoms with Gasteiger partial charge in [0.25, 0.3) is 0 Å². The van der Waals surface area contributed by atoms with Crippen LogP contribution in [0.25, 0.3) is 110 Å². The summed E-state index contributed by atoms with van der Waals surface area (Å²) < 4.78 is 6.49. The van der Waals surface area contributed by atoms with Crippen molar-refractivity contribution in [1.29, 1.82) is 0 Å². The Morgan fingerprint density at radius 1 is 0.250 bits per heavy atom. The maximum atomic E-state index is 6.49. The number of anilines is 3. The molecule has 0 aliphatic rings. The highest BCUT2D eigenvalue weighted by Gasteiger charge is 2.20. The molecule has 2 heteroatoms. The van der Waals surface area contributed by atoms with Crippen LogP contribution in [-0.4, -0.2) is 0 Å². The lowest BCUT2D eigenvalue weighted by Gasteiger charge is -2.27. The topological polar surface area (TPSA) is 16.4 Å². The average Bonchev–Trinajstić information content (AvgIpc) is 3.80. The molecule has 1 aromatic heterocycles. The number of fused-ring (bicyclic) bond motifs is 7. The molecule has 1 heterocycles. The monoisotopic (exact) mass is 865 g/mol. The molecule has 2 nitrogen and oxygen atoms in total. The second-order valence-corrected chi connectivity index (χ2v) is 17.6. The molecular weight excluding hydrogens is 823 g/mol. The van der Waals surface area contributed by atoms with Crippen molar-refractivity contribution >= 4 is 71.3 Å². The molecule has 0 bridgehead atoms. The highest BCUT2D eigenvalue weighted by molar-refractivity contribution is 6.22. The third kappa shape index (κ3) is 6.73. The summed E-state index contributed by atoms with van der Waals surface area (Å²) >= 11 is 0. The second-order valence-electron chi connectivity index (χ2n) is 17.6. The van der Waals surface area contributed by atoms with Gasteiger partial charge < -0.3 is 9.32 Å². The van der Waals surface area contributed by atoms with Crippen LogP contribution in [0, 0.1) is 0 Å². The van der Waals surface area contributed by atoms with Crippen LogP contribution in [0.1, 0.15) is 0 Å². The van der Waals surface area contributed by atoms with Crippen LogP contribution in [0.3, 0.4) is 0 Å². The molecule has 0 aliphatic carbocycles. The zero-order chi connectivity index (χ0) is 45.0. The lowest BCUT2D eigenvalue weighted by Crippen LogP contribution is -2.10. The number of benzene rings is 12. The van der Waals surface area contributed by atoms with E-state index in [9.17, 15) is 0 Å². The van der Waals surface area contributed by atoms with E-state index >= 15 is 0 Å². The van der Waals surface area contributed by atoms with Crippen molar-refractivity contribution in [2.75, 3.05) is 4.90 Å². The molecule has 0 N–H and O–H groups in total. The summed E-state index contributed by atoms with van der Waals surface area (Å²) in [5.41, 5.74) is 16.8. The predicted molar refractivity (Wildman–Crippen MR) is 288 cm³/mol. The molecule has 12 aromatic carbocycles. The van der Waals surface area contributed by atoms with E-state index in [1.165, 1.54) is 60.1 Å². The molecule has 13 aromatic rings. The predicted octanol–water partition coefficient (Wildman–Crippen LogP) is 18.9. The van der Waals surface area contributed by atoms with Gasteiger partial charge in [0.2, 0.25) is 0 Å². The summed E-state index contributed by atoms with van der Waals surface area (Å²) in [6, 6.07) is 94.5. The van der Waals surface area contributed by atoms with Gasteiger partial charge in [0.15, 0.2) is 0 Å². The van der Waals surface area contributed by atoms with Crippen LogP contribution >= 0.6 is 0 Å². The van der Waals surface area contributed by atoms with Crippen molar-refractivity contribution in [3.05, 3.63) is 261 Å². The van der Waals surface area contributed by atoms with Gasteiger partial charge in [0.1, 0.15) is 11.2 Å². The van der Waals surface area contributed by atoms with Gasteiger partial charge in [-0.15, -0.1) is 0 Å². The number of hydrogen-bond acceptors (Lipinski definition) is 2. The Labute approximate surface area is 395 Å². The highest BCUT2D eigenvalue weighted by atomic mass is 16.3. The maximum absolute atomic E-state index is 6.49. The summed E-state index contributed by atoms with van der Waals surface area (Å²) in [6.07, 6.45) is 0. The molecule has 0 spiro atoms. The Bertz CT molecular complexity index is 4010. The van der Waals surface area contributed by atoms with Gasteiger partial charge in [-0.1, -0.05) is 212 Å². The molecular formula is C66H43NO. The first-order valence-corrected chi connectivity index (χ1v) is 23.3. The first kappa shape index (κ1) is 39.4. The van der Waals surface area contributed by atoms with Crippen LogP contribution < -0.4 is 4.90 Å². The van der Waals surface area contributed by atoms with Crippen molar-refractivity contribution in [1.82, 2.24) is 0 Å². The van der Waals surface area contributed by atoms with Gasteiger partial charge >= 0.3 is 0 Å². The molecule has 0 saturated heterocycles. The smallest absolute Gasteiger partial charge is 0.143 e. The van der Waals surface area contributed by atoms with E-state index in [1.807, 2.05) is 12.1 Å². The normalized spacial score (nSPS) is 11.5. The minimum Gasteiger partial charge on any atom is -0.455 e. The molecule has 0 radical (unpaired) electrons. The van der Waals surface area contributed by atoms with E-state index in [0.717, 1.165) is 66.8 Å². The first-order valence-electron chi connectivity index (χ1n) is 23.3. The lowest BCUT2D eigenvalue weighted by molar-refractivity contribution is 0.670. The highest BCUT2D eigenvalue weighted by Crippen LogP contribution is 2.47. The van der Waals surface area contributed by atoms with Gasteiger partial charge in [-0.3, -0.25) is 0 Å². The summed E-state index contributed by atoms with van der Waals surface area (Å²) in [5.74, 6) is 0. The molecule has 0 fully saturated rings. The maximum Gasteiger partial charge on any atom is 0.143 e. The van der Waals surface area contributed by atoms with E-state index in [1.54, 1.807) is 0 Å². The summed E-state index contributed by atoms with van der Waals surface area (Å²) in [6.45, 7) is 0. The quantitative estimate of drug-likeness (QED) is 0.142. The first-order chi connectivity index (χ1) is 33.7. The van der Waals surface area contributed by atoms with E-state index in [4.69, 9.17) is 4.42 Å². The van der Waals surface area contributed by atoms with E-state index in [0.29, 0.717) is 0 Å². The number of para-hydroxylation sites is 2. The molecule has 0 unspecified atom stereocenters. The zero-order valence-corrected chi connectivity index (χ0v) is 37.2. The van der Waals surface area contributed by atoms with E-state index in [2.05, 4.69) is 254 Å². The van der Waals surface area contributed by atoms with Gasteiger partial charge in [-0.05, 0) is 131 Å². The van der Waals surface area contributed by atoms with Crippen molar-refractivity contribution in [2.24, 2.45) is 0 Å². The van der Waals surface area contributed by atoms with Crippen LogP contribution in [0.2, 0.25) is 0 Å². The molecule has 0 aliphatic heterocycles. The Morgan fingerprint density at radius 3 is 1.51 bits per heavy atom. The van der Waals surface area contributed by atoms with Crippen LogP contribution in [0.4, 0.5) is 17.1 Å². The number of hydrogen-bond donors (Lipinski definition) is 0. The Morgan fingerprint density at radius 2 is 0.750 bits per heavy atom. The Balaban J connectivity index is 0.983. The second kappa shape index (κ2) is 16.5. The van der Waals surface area contributed by atoms with E-state index < -0.39 is 0 Å². The fraction of sp³-hybridized carbons (Fsp3) is 0. The standard InChI is InChI=1S/C66H43NO/c1-3-18-46(19-4-1)64-60-30-10-9-28-57(60)58-40-37-49(43-62(58)65(64)47-20-5-2-6-21-47)48-23-13-25-52(41-48)67(53-26-14-24-50(42-53)55-31-15-22-44-17-7-8-27-54(44)55)51-38-35-45(36-39-51)56-32-16-33-61-59-29-11-12-34-63(59)68-66(56)61/h1-43H. The minimum atomic E-state index is 0.899. The van der Waals surface area contributed by atoms with Gasteiger partial charge in [-0.2, -0.15) is 0 Å². The summed E-state index contributed by atoms with van der Waals surface area (Å²) in [5, 5.41) is 9.69. The van der Waals surface area contributed by atoms with Gasteiger partial charge in [0, 0.05) is 33.4 Å². The summed E-state index contributed by atoms with van der Waals surface area (Å²) in [7, 11) is 0. The Hall–Kier alpha value is -8.98. The fourth-order valence-electron chi connectivity index (χ4n) is 10.5. The fourth-order valence-corrected chi connectivity index (χ4v) is 10.5. The minimum absolute atomic E-state index is 0.899. The molecule has 318 valence electrons. The lowest BCUT2D eigenvalue weighted by atomic mass is 9.84. The Kier molecular flexibility index (Phi) is 9.54. The molecule has 0 amide bonds. The molecule has 0 atom stereocenters. The van der Waals surface area contributed by atoms with Crippen molar-refractivity contribution < 1.29 is 4.42 Å². The van der Waals surface area contributed by atoms with Crippen molar-refractivity contribution in [3.63, 3.8) is 0 Å². The van der Waals surface area contributed by atoms with Gasteiger partial charge in [0.05, 0.1) is 0 Å². The molecule has 68 heavy (non-hydrogen) atoms. The molecule has 0 saturated carbocycles. The SMILES string of the molecule is c1ccc(-c2c(-c3ccccc3)c3cc(-c4cccc(N(c5ccc(-c6cccc7c6oc6ccccc67)cc5)c5cccc(-c6cccc7ccccc67)c5)c4)ccc3c3ccccc23)cc1. The van der Waals surface area contributed by atoms with Crippen LogP contribution in [0.5, 0.6) is 0 Å². The number of nitrogens with zero attached hydrogens (tertiary/aromatic N) is 1. The van der Waals surface area contributed by atoms with E-state index in [-0.39, 0.29) is 0 Å². The van der Waals surface area contributed by atoms with Crippen LogP contribution in [0.15, 0.2) is 265 Å². The van der Waals surface area contributed by atoms with Crippen molar-refractivity contribution in [2.45, 2.75) is 0 Å². The summed E-state index contributed by atoms with van der Waals surface area (Å²) in [4.78, 5) is 2.39. The number of rotatable bonds is 8. The zero-order valence-electron chi connectivity index (χ0n) is 37.2. The number of furan rings is 1. The third-order valence-electron chi connectivity index (χ3n) is 13.6.